The number of H-pyrrole nitrogens is 1. The van der Waals surface area contributed by atoms with Gasteiger partial charge < -0.3 is 25.6 Å². The summed E-state index contributed by atoms with van der Waals surface area (Å²) in [6.07, 6.45) is 1.81. The number of hydrogen-bond donors (Lipinski definition) is 3. The van der Waals surface area contributed by atoms with E-state index in [1.54, 1.807) is 6.20 Å². The second kappa shape index (κ2) is 9.75. The zero-order valence-corrected chi connectivity index (χ0v) is 17.0. The Kier molecular flexibility index (Phi) is 7.10. The van der Waals surface area contributed by atoms with Crippen LogP contribution in [0.4, 0.5) is 0 Å². The zero-order chi connectivity index (χ0) is 20.2. The minimum atomic E-state index is -0.614. The number of β-amino-alcohol motifs (C(OH)–C–C–N with tert-alkyl or cyclic N) is 1. The lowest BCUT2D eigenvalue weighted by molar-refractivity contribution is 0.00865. The van der Waals surface area contributed by atoms with Crippen molar-refractivity contribution in [3.63, 3.8) is 0 Å². The van der Waals surface area contributed by atoms with Crippen molar-refractivity contribution in [2.45, 2.75) is 31.5 Å². The first-order valence-corrected chi connectivity index (χ1v) is 10.1. The lowest BCUT2D eigenvalue weighted by Gasteiger charge is -2.40. The van der Waals surface area contributed by atoms with E-state index in [-0.39, 0.29) is 23.5 Å². The standard InChI is InChI=1S/C23H27N3O3.H2O/c1-16-13-21(25-23(28)19-14-24-20-10-6-5-9-18(19)20)22(27)15-26(16)11-12-29-17-7-3-2-4-8-17;/h2-10,14,16,21-22,24,27H,11-13,15H2,1H3,(H,25,28);1H2. The largest absolute Gasteiger partial charge is 0.492 e. The Morgan fingerprint density at radius 2 is 1.93 bits per heavy atom. The van der Waals surface area contributed by atoms with Crippen molar-refractivity contribution >= 4 is 16.8 Å². The summed E-state index contributed by atoms with van der Waals surface area (Å²) >= 11 is 0. The summed E-state index contributed by atoms with van der Waals surface area (Å²) in [5.74, 6) is 0.696. The number of piperidine rings is 1. The fourth-order valence-corrected chi connectivity index (χ4v) is 3.99. The minimum absolute atomic E-state index is 0. The highest BCUT2D eigenvalue weighted by Crippen LogP contribution is 2.21. The molecule has 1 fully saturated rings. The van der Waals surface area contributed by atoms with E-state index in [0.29, 0.717) is 25.1 Å². The number of nitrogens with zero attached hydrogens (tertiary/aromatic N) is 1. The smallest absolute Gasteiger partial charge is 0.253 e. The lowest BCUT2D eigenvalue weighted by Crippen LogP contribution is -2.57. The van der Waals surface area contributed by atoms with Gasteiger partial charge in [0, 0.05) is 36.2 Å². The molecule has 3 unspecified atom stereocenters. The van der Waals surface area contributed by atoms with Gasteiger partial charge in [0.15, 0.2) is 0 Å². The molecular formula is C23H29N3O4. The average molecular weight is 412 g/mol. The molecule has 0 aliphatic carbocycles. The first-order chi connectivity index (χ1) is 14.1. The van der Waals surface area contributed by atoms with E-state index < -0.39 is 6.10 Å². The first-order valence-electron chi connectivity index (χ1n) is 10.1. The Hall–Kier alpha value is -2.87. The number of carbonyl (C=O) groups is 1. The maximum atomic E-state index is 12.8. The van der Waals surface area contributed by atoms with Gasteiger partial charge in [0.1, 0.15) is 12.4 Å². The number of benzene rings is 2. The van der Waals surface area contributed by atoms with Crippen LogP contribution in [0.2, 0.25) is 0 Å². The molecule has 1 amide bonds. The van der Waals surface area contributed by atoms with Crippen LogP contribution in [0, 0.1) is 0 Å². The SMILES string of the molecule is CC1CC(NC(=O)c2c[nH]c3ccccc23)C(O)CN1CCOc1ccccc1.O. The third-order valence-electron chi connectivity index (χ3n) is 5.65. The number of para-hydroxylation sites is 2. The molecule has 1 saturated heterocycles. The number of aliphatic hydroxyl groups excluding tert-OH is 1. The topological polar surface area (TPSA) is 109 Å². The molecule has 0 spiro atoms. The number of nitrogens with one attached hydrogen (secondary N) is 2. The molecule has 0 bridgehead atoms. The van der Waals surface area contributed by atoms with Gasteiger partial charge in [-0.25, -0.2) is 0 Å². The van der Waals surface area contributed by atoms with Crippen LogP contribution in [-0.2, 0) is 0 Å². The van der Waals surface area contributed by atoms with E-state index in [9.17, 15) is 9.90 Å². The van der Waals surface area contributed by atoms with E-state index in [2.05, 4.69) is 22.1 Å². The van der Waals surface area contributed by atoms with Crippen LogP contribution < -0.4 is 10.1 Å². The summed E-state index contributed by atoms with van der Waals surface area (Å²) in [6.45, 7) is 3.93. The molecule has 1 aliphatic rings. The van der Waals surface area contributed by atoms with E-state index in [1.165, 1.54) is 0 Å². The lowest BCUT2D eigenvalue weighted by atomic mass is 9.95. The van der Waals surface area contributed by atoms with Gasteiger partial charge in [-0.2, -0.15) is 0 Å². The van der Waals surface area contributed by atoms with Crippen LogP contribution >= 0.6 is 0 Å². The molecule has 5 N–H and O–H groups in total. The second-order valence-electron chi connectivity index (χ2n) is 7.64. The van der Waals surface area contributed by atoms with Crippen LogP contribution in [0.1, 0.15) is 23.7 Å². The Labute approximate surface area is 176 Å². The fraction of sp³-hybridized carbons (Fsp3) is 0.348. The molecule has 4 rings (SSSR count). The highest BCUT2D eigenvalue weighted by Gasteiger charge is 2.33. The first kappa shape index (κ1) is 21.8. The van der Waals surface area contributed by atoms with Crippen LogP contribution in [-0.4, -0.2) is 64.3 Å². The minimum Gasteiger partial charge on any atom is -0.492 e. The van der Waals surface area contributed by atoms with E-state index in [0.717, 1.165) is 23.2 Å². The van der Waals surface area contributed by atoms with Crippen LogP contribution in [0.25, 0.3) is 10.9 Å². The Balaban J connectivity index is 0.00000256. The molecular weight excluding hydrogens is 382 g/mol. The predicted octanol–water partition coefficient (Wildman–Crippen LogP) is 1.98. The molecule has 3 atom stereocenters. The van der Waals surface area contributed by atoms with Crippen molar-refractivity contribution in [3.05, 3.63) is 66.4 Å². The molecule has 0 radical (unpaired) electrons. The quantitative estimate of drug-likeness (QED) is 0.576. The van der Waals surface area contributed by atoms with E-state index in [4.69, 9.17) is 4.74 Å². The average Bonchev–Trinajstić information content (AvgIpc) is 3.16. The van der Waals surface area contributed by atoms with Gasteiger partial charge in [-0.05, 0) is 31.5 Å². The molecule has 30 heavy (non-hydrogen) atoms. The Bertz CT molecular complexity index is 959. The number of carbonyl (C=O) groups excluding carboxylic acids is 1. The van der Waals surface area contributed by atoms with Crippen molar-refractivity contribution in [2.75, 3.05) is 19.7 Å². The maximum Gasteiger partial charge on any atom is 0.253 e. The van der Waals surface area contributed by atoms with Crippen LogP contribution in [0.3, 0.4) is 0 Å². The molecule has 3 aromatic rings. The number of aliphatic hydroxyl groups is 1. The Morgan fingerprint density at radius 1 is 1.20 bits per heavy atom. The summed E-state index contributed by atoms with van der Waals surface area (Å²) in [5.41, 5.74) is 1.54. The molecule has 2 aromatic carbocycles. The normalized spacial score (nSPS) is 21.7. The zero-order valence-electron chi connectivity index (χ0n) is 17.0. The molecule has 0 saturated carbocycles. The number of hydrogen-bond acceptors (Lipinski definition) is 4. The number of aromatic amines is 1. The van der Waals surface area contributed by atoms with E-state index in [1.807, 2.05) is 54.6 Å². The van der Waals surface area contributed by atoms with Gasteiger partial charge in [-0.1, -0.05) is 36.4 Å². The molecule has 1 aliphatic heterocycles. The highest BCUT2D eigenvalue weighted by molar-refractivity contribution is 6.06. The molecule has 1 aromatic heterocycles. The number of aromatic nitrogens is 1. The molecule has 160 valence electrons. The van der Waals surface area contributed by atoms with Crippen molar-refractivity contribution in [3.8, 4) is 5.75 Å². The molecule has 7 heteroatoms. The fourth-order valence-electron chi connectivity index (χ4n) is 3.99. The summed E-state index contributed by atoms with van der Waals surface area (Å²) in [5, 5.41) is 14.5. The predicted molar refractivity (Wildman–Crippen MR) is 117 cm³/mol. The van der Waals surface area contributed by atoms with Crippen molar-refractivity contribution < 1.29 is 20.1 Å². The maximum absolute atomic E-state index is 12.8. The van der Waals surface area contributed by atoms with Crippen LogP contribution in [0.15, 0.2) is 60.8 Å². The third-order valence-corrected chi connectivity index (χ3v) is 5.65. The van der Waals surface area contributed by atoms with E-state index >= 15 is 0 Å². The summed E-state index contributed by atoms with van der Waals surface area (Å²) < 4.78 is 5.78. The summed E-state index contributed by atoms with van der Waals surface area (Å²) in [7, 11) is 0. The number of fused-ring (bicyclic) bond motifs is 1. The number of rotatable bonds is 6. The van der Waals surface area contributed by atoms with Crippen molar-refractivity contribution in [1.82, 2.24) is 15.2 Å². The molecule has 2 heterocycles. The third kappa shape index (κ3) is 4.81. The monoisotopic (exact) mass is 411 g/mol. The highest BCUT2D eigenvalue weighted by atomic mass is 16.5. The van der Waals surface area contributed by atoms with Gasteiger partial charge in [-0.3, -0.25) is 9.69 Å². The van der Waals surface area contributed by atoms with Crippen LogP contribution in [0.5, 0.6) is 5.75 Å². The van der Waals surface area contributed by atoms with Crippen molar-refractivity contribution in [2.24, 2.45) is 0 Å². The molecule has 7 nitrogen and oxygen atoms in total. The number of ether oxygens (including phenoxy) is 1. The van der Waals surface area contributed by atoms with Gasteiger partial charge in [-0.15, -0.1) is 0 Å². The second-order valence-corrected chi connectivity index (χ2v) is 7.64. The summed E-state index contributed by atoms with van der Waals surface area (Å²) in [6, 6.07) is 17.4. The van der Waals surface area contributed by atoms with Gasteiger partial charge in [0.2, 0.25) is 0 Å². The number of amides is 1. The number of likely N-dealkylation sites (tertiary alicyclic amines) is 1. The van der Waals surface area contributed by atoms with Gasteiger partial charge in [0.25, 0.3) is 5.91 Å². The van der Waals surface area contributed by atoms with Gasteiger partial charge >= 0.3 is 0 Å². The summed E-state index contributed by atoms with van der Waals surface area (Å²) in [4.78, 5) is 18.1. The van der Waals surface area contributed by atoms with Crippen molar-refractivity contribution in [1.29, 1.82) is 0 Å². The van der Waals surface area contributed by atoms with Gasteiger partial charge in [0.05, 0.1) is 17.7 Å². The Morgan fingerprint density at radius 3 is 2.73 bits per heavy atom.